The number of urea groups is 1. The molecule has 0 saturated carbocycles. The van der Waals surface area contributed by atoms with Crippen molar-refractivity contribution in [2.75, 3.05) is 9.80 Å². The van der Waals surface area contributed by atoms with Gasteiger partial charge >= 0.3 is 12.4 Å². The number of carbonyl (C=O) groups is 1. The maximum atomic E-state index is 14.1. The van der Waals surface area contributed by atoms with E-state index in [-0.39, 0.29) is 5.56 Å². The first-order chi connectivity index (χ1) is 16.9. The summed E-state index contributed by atoms with van der Waals surface area (Å²) in [5.74, 6) is -0.513. The monoisotopic (exact) mass is 538 g/mol. The molecule has 0 spiro atoms. The minimum atomic E-state index is -4.93. The molecule has 1 fully saturated rings. The number of aliphatic hydroxyl groups is 1. The van der Waals surface area contributed by atoms with Crippen molar-refractivity contribution in [3.63, 3.8) is 0 Å². The molecule has 1 N–H and O–H groups in total. The van der Waals surface area contributed by atoms with Gasteiger partial charge < -0.3 is 9.84 Å². The topological polar surface area (TPSA) is 53.0 Å². The molecule has 36 heavy (non-hydrogen) atoms. The summed E-state index contributed by atoms with van der Waals surface area (Å²) in [5.41, 5.74) is -2.58. The van der Waals surface area contributed by atoms with Crippen molar-refractivity contribution in [1.82, 2.24) is 0 Å². The standard InChI is InChI=1S/C26H23Cl2F3N2O3/c1-3-15-24(2)25(35,17-5-4-6-22(16-17)36-26(29,30)31)33(21-13-9-19(28)10-14-21)23(34)32(24)20-11-7-18(27)8-12-20/h4-14,16,35H,3,15H2,1-2H3/t24-,25?/m0/s1. The average Bonchev–Trinajstić information content (AvgIpc) is 2.98. The first-order valence-electron chi connectivity index (χ1n) is 11.1. The van der Waals surface area contributed by atoms with Crippen molar-refractivity contribution < 1.29 is 27.8 Å². The molecule has 3 aromatic carbocycles. The lowest BCUT2D eigenvalue weighted by Crippen LogP contribution is -2.58. The molecular weight excluding hydrogens is 516 g/mol. The summed E-state index contributed by atoms with van der Waals surface area (Å²) in [6.45, 7) is 3.60. The van der Waals surface area contributed by atoms with Gasteiger partial charge in [0.25, 0.3) is 0 Å². The van der Waals surface area contributed by atoms with Gasteiger partial charge in [0.15, 0.2) is 5.72 Å². The van der Waals surface area contributed by atoms with Crippen LogP contribution in [-0.4, -0.2) is 23.0 Å². The number of alkyl halides is 3. The van der Waals surface area contributed by atoms with E-state index in [1.54, 1.807) is 55.5 Å². The van der Waals surface area contributed by atoms with Crippen LogP contribution in [0.4, 0.5) is 29.3 Å². The number of nitrogens with zero attached hydrogens (tertiary/aromatic N) is 2. The van der Waals surface area contributed by atoms with Crippen molar-refractivity contribution in [1.29, 1.82) is 0 Å². The molecule has 2 amide bonds. The summed E-state index contributed by atoms with van der Waals surface area (Å²) in [6.07, 6.45) is -4.06. The van der Waals surface area contributed by atoms with Crippen molar-refractivity contribution in [3.05, 3.63) is 88.4 Å². The van der Waals surface area contributed by atoms with Gasteiger partial charge in [0.05, 0.1) is 5.54 Å². The van der Waals surface area contributed by atoms with Crippen LogP contribution in [0.25, 0.3) is 0 Å². The van der Waals surface area contributed by atoms with Crippen LogP contribution < -0.4 is 14.5 Å². The second kappa shape index (κ2) is 9.50. The number of benzene rings is 3. The smallest absolute Gasteiger partial charge is 0.406 e. The molecular formula is C26H23Cl2F3N2O3. The number of halogens is 5. The van der Waals surface area contributed by atoms with Gasteiger partial charge in [-0.1, -0.05) is 48.7 Å². The second-order valence-electron chi connectivity index (χ2n) is 8.68. The Kier molecular flexibility index (Phi) is 6.90. The van der Waals surface area contributed by atoms with Crippen LogP contribution in [0.3, 0.4) is 0 Å². The molecule has 0 aromatic heterocycles. The lowest BCUT2D eigenvalue weighted by Gasteiger charge is -2.45. The van der Waals surface area contributed by atoms with E-state index in [1.165, 1.54) is 21.9 Å². The number of anilines is 2. The molecule has 1 heterocycles. The number of hydrogen-bond acceptors (Lipinski definition) is 3. The zero-order valence-corrected chi connectivity index (χ0v) is 20.9. The largest absolute Gasteiger partial charge is 0.573 e. The van der Waals surface area contributed by atoms with Gasteiger partial charge in [0.1, 0.15) is 5.75 Å². The summed E-state index contributed by atoms with van der Waals surface area (Å²) >= 11 is 12.1. The van der Waals surface area contributed by atoms with E-state index >= 15 is 0 Å². The second-order valence-corrected chi connectivity index (χ2v) is 9.55. The first kappa shape index (κ1) is 26.1. The van der Waals surface area contributed by atoms with E-state index in [2.05, 4.69) is 4.74 Å². The summed E-state index contributed by atoms with van der Waals surface area (Å²) in [5, 5.41) is 13.4. The van der Waals surface area contributed by atoms with Crippen molar-refractivity contribution >= 4 is 40.6 Å². The molecule has 1 saturated heterocycles. The van der Waals surface area contributed by atoms with Crippen molar-refractivity contribution in [3.8, 4) is 5.75 Å². The Hall–Kier alpha value is -2.94. The normalized spacial score (nSPS) is 22.3. The van der Waals surface area contributed by atoms with Gasteiger partial charge in [-0.25, -0.2) is 4.79 Å². The number of ether oxygens (including phenoxy) is 1. The highest BCUT2D eigenvalue weighted by Gasteiger charge is 2.65. The van der Waals surface area contributed by atoms with Gasteiger partial charge in [-0.05, 0) is 74.0 Å². The molecule has 3 aromatic rings. The lowest BCUT2D eigenvalue weighted by molar-refractivity contribution is -0.274. The molecule has 5 nitrogen and oxygen atoms in total. The fourth-order valence-corrected chi connectivity index (χ4v) is 5.09. The predicted molar refractivity (Wildman–Crippen MR) is 134 cm³/mol. The van der Waals surface area contributed by atoms with Crippen LogP contribution in [0.5, 0.6) is 5.75 Å². The molecule has 0 aliphatic carbocycles. The van der Waals surface area contributed by atoms with E-state index < -0.39 is 29.4 Å². The average molecular weight is 539 g/mol. The highest BCUT2D eigenvalue weighted by atomic mass is 35.5. The highest BCUT2D eigenvalue weighted by Crippen LogP contribution is 2.53. The SMILES string of the molecule is CCC[C@]1(C)N(c2ccc(Cl)cc2)C(=O)N(c2ccc(Cl)cc2)C1(O)c1cccc(OC(F)(F)F)c1. The molecule has 4 rings (SSSR count). The Labute approximate surface area is 216 Å². The highest BCUT2D eigenvalue weighted by molar-refractivity contribution is 6.31. The Morgan fingerprint density at radius 1 is 0.917 bits per heavy atom. The zero-order valence-electron chi connectivity index (χ0n) is 19.4. The molecule has 1 unspecified atom stereocenters. The van der Waals surface area contributed by atoms with Crippen LogP contribution in [0, 0.1) is 0 Å². The predicted octanol–water partition coefficient (Wildman–Crippen LogP) is 7.74. The molecule has 2 atom stereocenters. The minimum absolute atomic E-state index is 0.0555. The summed E-state index contributed by atoms with van der Waals surface area (Å²) in [7, 11) is 0. The third-order valence-electron chi connectivity index (χ3n) is 6.33. The van der Waals surface area contributed by atoms with Gasteiger partial charge in [-0.2, -0.15) is 0 Å². The summed E-state index contributed by atoms with van der Waals surface area (Å²) in [6, 6.07) is 17.3. The van der Waals surface area contributed by atoms with Crippen LogP contribution >= 0.6 is 23.2 Å². The van der Waals surface area contributed by atoms with Gasteiger partial charge in [-0.15, -0.1) is 13.2 Å². The van der Waals surface area contributed by atoms with Gasteiger partial charge in [-0.3, -0.25) is 9.80 Å². The summed E-state index contributed by atoms with van der Waals surface area (Å²) < 4.78 is 43.1. The third kappa shape index (κ3) is 4.49. The van der Waals surface area contributed by atoms with E-state index in [0.717, 1.165) is 12.1 Å². The molecule has 0 bridgehead atoms. The Bertz CT molecular complexity index is 1250. The maximum Gasteiger partial charge on any atom is 0.573 e. The number of carbonyl (C=O) groups excluding carboxylic acids is 1. The van der Waals surface area contributed by atoms with Crippen LogP contribution in [0.1, 0.15) is 32.3 Å². The number of amides is 2. The quantitative estimate of drug-likeness (QED) is 0.349. The van der Waals surface area contributed by atoms with E-state index in [1.807, 2.05) is 6.92 Å². The van der Waals surface area contributed by atoms with Crippen molar-refractivity contribution in [2.45, 2.75) is 44.3 Å². The van der Waals surface area contributed by atoms with Crippen LogP contribution in [-0.2, 0) is 5.72 Å². The zero-order chi connectivity index (χ0) is 26.3. The fraction of sp³-hybridized carbons (Fsp3) is 0.269. The maximum absolute atomic E-state index is 14.1. The number of rotatable bonds is 6. The third-order valence-corrected chi connectivity index (χ3v) is 6.83. The van der Waals surface area contributed by atoms with E-state index in [9.17, 15) is 23.1 Å². The van der Waals surface area contributed by atoms with Gasteiger partial charge in [0.2, 0.25) is 0 Å². The fourth-order valence-electron chi connectivity index (χ4n) is 4.84. The van der Waals surface area contributed by atoms with Gasteiger partial charge in [0, 0.05) is 27.0 Å². The van der Waals surface area contributed by atoms with Crippen LogP contribution in [0.2, 0.25) is 10.0 Å². The molecule has 1 aliphatic rings. The molecule has 10 heteroatoms. The van der Waals surface area contributed by atoms with Crippen LogP contribution in [0.15, 0.2) is 72.8 Å². The Balaban J connectivity index is 1.98. The van der Waals surface area contributed by atoms with E-state index in [4.69, 9.17) is 23.2 Å². The Morgan fingerprint density at radius 3 is 1.94 bits per heavy atom. The lowest BCUT2D eigenvalue weighted by atomic mass is 9.78. The molecule has 0 radical (unpaired) electrons. The number of hydrogen-bond donors (Lipinski definition) is 1. The molecule has 1 aliphatic heterocycles. The minimum Gasteiger partial charge on any atom is -0.406 e. The van der Waals surface area contributed by atoms with Crippen molar-refractivity contribution in [2.24, 2.45) is 0 Å². The summed E-state index contributed by atoms with van der Waals surface area (Å²) in [4.78, 5) is 16.7. The first-order valence-corrected chi connectivity index (χ1v) is 11.9. The Morgan fingerprint density at radius 2 is 1.44 bits per heavy atom. The molecule has 190 valence electrons. The van der Waals surface area contributed by atoms with E-state index in [0.29, 0.717) is 34.3 Å².